The number of hydrogen-bond acceptors (Lipinski definition) is 7. The quantitative estimate of drug-likeness (QED) is 0.205. The Morgan fingerprint density at radius 3 is 2.51 bits per heavy atom. The van der Waals surface area contributed by atoms with Crippen LogP contribution in [0.2, 0.25) is 0 Å². The molecule has 0 saturated carbocycles. The molecule has 0 unspecified atom stereocenters. The fourth-order valence-electron chi connectivity index (χ4n) is 5.22. The molecule has 4 amide bonds. The summed E-state index contributed by atoms with van der Waals surface area (Å²) < 4.78 is 0. The number of aromatic amines is 1. The number of aromatic nitrogens is 2. The molecule has 2 bridgehead atoms. The van der Waals surface area contributed by atoms with Gasteiger partial charge in [-0.15, -0.1) is 0 Å². The molecule has 2 atom stereocenters. The second-order valence-electron chi connectivity index (χ2n) is 10.8. The summed E-state index contributed by atoms with van der Waals surface area (Å²) in [5.74, 6) is -1.37. The van der Waals surface area contributed by atoms with Gasteiger partial charge in [0.25, 0.3) is 11.8 Å². The van der Waals surface area contributed by atoms with E-state index < -0.39 is 24.0 Å². The third-order valence-corrected chi connectivity index (χ3v) is 7.61. The van der Waals surface area contributed by atoms with Gasteiger partial charge in [-0.25, -0.2) is 4.98 Å². The molecule has 6 N–H and O–H groups in total. The molecule has 0 saturated heterocycles. The Bertz CT molecular complexity index is 1640. The first-order valence-electron chi connectivity index (χ1n) is 15.0. The minimum Gasteiger partial charge on any atom is -0.378 e. The summed E-state index contributed by atoms with van der Waals surface area (Å²) in [6.45, 7) is 0.816. The van der Waals surface area contributed by atoms with E-state index in [4.69, 9.17) is 0 Å². The average Bonchev–Trinajstić information content (AvgIpc) is 3.47. The first-order chi connectivity index (χ1) is 21.9. The SMILES string of the molecule is O=C1CN(C(=O)[C@@H](O)c2ccccc2)CCCCNC(=O)[C@H](Cc2c[nH]c3ccccc23)NC(=O)c2cccc(n2)NCCN1. The number of benzene rings is 2. The molecule has 2 aromatic carbocycles. The number of H-pyrrole nitrogens is 1. The normalized spacial score (nSPS) is 17.9. The van der Waals surface area contributed by atoms with Crippen LogP contribution in [0.15, 0.2) is 79.0 Å². The van der Waals surface area contributed by atoms with E-state index in [1.54, 1.807) is 48.5 Å². The molecular weight excluding hydrogens is 574 g/mol. The third kappa shape index (κ3) is 8.24. The minimum atomic E-state index is -1.41. The molecule has 3 heterocycles. The predicted octanol–water partition coefficient (Wildman–Crippen LogP) is 1.90. The summed E-state index contributed by atoms with van der Waals surface area (Å²) in [6, 6.07) is 20.4. The lowest BCUT2D eigenvalue weighted by Crippen LogP contribution is -2.48. The van der Waals surface area contributed by atoms with Gasteiger partial charge in [0.1, 0.15) is 17.6 Å². The lowest BCUT2D eigenvalue weighted by atomic mass is 10.0. The molecule has 1 aliphatic heterocycles. The predicted molar refractivity (Wildman–Crippen MR) is 169 cm³/mol. The molecule has 0 fully saturated rings. The summed E-state index contributed by atoms with van der Waals surface area (Å²) in [7, 11) is 0. The van der Waals surface area contributed by atoms with Crippen molar-refractivity contribution in [2.75, 3.05) is 38.0 Å². The molecule has 234 valence electrons. The van der Waals surface area contributed by atoms with Gasteiger partial charge < -0.3 is 36.3 Å². The van der Waals surface area contributed by atoms with Gasteiger partial charge >= 0.3 is 0 Å². The number of carbonyl (C=O) groups excluding carboxylic acids is 4. The van der Waals surface area contributed by atoms with Crippen LogP contribution in [0.5, 0.6) is 0 Å². The topological polar surface area (TPSA) is 169 Å². The number of amides is 4. The number of rotatable bonds is 4. The summed E-state index contributed by atoms with van der Waals surface area (Å²) in [5.41, 5.74) is 2.40. The van der Waals surface area contributed by atoms with Crippen molar-refractivity contribution in [3.8, 4) is 0 Å². The summed E-state index contributed by atoms with van der Waals surface area (Å²) in [5, 5.41) is 23.3. The highest BCUT2D eigenvalue weighted by Gasteiger charge is 2.26. The van der Waals surface area contributed by atoms with E-state index in [1.165, 1.54) is 4.90 Å². The van der Waals surface area contributed by atoms with Crippen LogP contribution in [-0.4, -0.2) is 82.4 Å². The molecule has 0 spiro atoms. The Balaban J connectivity index is 1.33. The molecule has 1 aliphatic rings. The molecule has 2 aromatic heterocycles. The lowest BCUT2D eigenvalue weighted by Gasteiger charge is -2.25. The zero-order chi connectivity index (χ0) is 31.6. The maximum Gasteiger partial charge on any atom is 0.270 e. The van der Waals surface area contributed by atoms with Crippen molar-refractivity contribution in [3.63, 3.8) is 0 Å². The van der Waals surface area contributed by atoms with Crippen LogP contribution < -0.4 is 21.3 Å². The van der Waals surface area contributed by atoms with Gasteiger partial charge in [0, 0.05) is 49.7 Å². The Labute approximate surface area is 260 Å². The smallest absolute Gasteiger partial charge is 0.270 e. The van der Waals surface area contributed by atoms with Crippen molar-refractivity contribution < 1.29 is 24.3 Å². The molecule has 0 aliphatic carbocycles. The van der Waals surface area contributed by atoms with E-state index in [1.807, 2.05) is 30.5 Å². The Kier molecular flexibility index (Phi) is 10.4. The third-order valence-electron chi connectivity index (χ3n) is 7.61. The number of hydrogen-bond donors (Lipinski definition) is 6. The van der Waals surface area contributed by atoms with Crippen molar-refractivity contribution in [1.82, 2.24) is 30.8 Å². The number of anilines is 1. The molecule has 45 heavy (non-hydrogen) atoms. The zero-order valence-corrected chi connectivity index (χ0v) is 24.8. The Morgan fingerprint density at radius 2 is 1.67 bits per heavy atom. The first kappa shape index (κ1) is 31.2. The molecule has 12 heteroatoms. The van der Waals surface area contributed by atoms with Gasteiger partial charge in [-0.05, 0) is 42.2 Å². The Hall–Kier alpha value is -5.23. The maximum absolute atomic E-state index is 13.4. The Morgan fingerprint density at radius 1 is 0.889 bits per heavy atom. The number of fused-ring (bicyclic) bond motifs is 3. The number of aliphatic hydroxyl groups excluding tert-OH is 1. The fraction of sp³-hybridized carbons (Fsp3) is 0.303. The monoisotopic (exact) mass is 611 g/mol. The summed E-state index contributed by atoms with van der Waals surface area (Å²) in [6.07, 6.45) is 1.66. The van der Waals surface area contributed by atoms with Crippen molar-refractivity contribution in [1.29, 1.82) is 0 Å². The minimum absolute atomic E-state index is 0.143. The van der Waals surface area contributed by atoms with Crippen LogP contribution in [0.4, 0.5) is 5.82 Å². The van der Waals surface area contributed by atoms with E-state index in [0.29, 0.717) is 30.8 Å². The number of nitrogens with one attached hydrogen (secondary N) is 5. The van der Waals surface area contributed by atoms with Crippen LogP contribution in [0, 0.1) is 0 Å². The standard InChI is InChI=1S/C33H37N7O5/c41-29-21-40(33(45)30(42)22-9-2-1-3-10-22)18-7-6-15-36-31(43)27(19-23-20-37-25-12-5-4-11-24(23)25)39-32(44)26-13-8-14-28(38-26)34-16-17-35-29/h1-5,8-14,20,27,30,37,42H,6-7,15-19,21H2,(H,34,38)(H,35,41)(H,36,43)(H,39,44)/t27-,30-/m0/s1. The van der Waals surface area contributed by atoms with Gasteiger partial charge in [-0.1, -0.05) is 54.6 Å². The van der Waals surface area contributed by atoms with Crippen LogP contribution in [0.1, 0.15) is 40.6 Å². The van der Waals surface area contributed by atoms with Crippen molar-refractivity contribution in [2.45, 2.75) is 31.4 Å². The van der Waals surface area contributed by atoms with Gasteiger partial charge in [0.2, 0.25) is 11.8 Å². The first-order valence-corrected chi connectivity index (χ1v) is 15.0. The zero-order valence-electron chi connectivity index (χ0n) is 24.8. The van der Waals surface area contributed by atoms with Crippen LogP contribution in [0.25, 0.3) is 10.9 Å². The lowest BCUT2D eigenvalue weighted by molar-refractivity contribution is -0.143. The van der Waals surface area contributed by atoms with E-state index in [-0.39, 0.29) is 50.1 Å². The van der Waals surface area contributed by atoms with Gasteiger partial charge in [-0.2, -0.15) is 0 Å². The van der Waals surface area contributed by atoms with E-state index in [0.717, 1.165) is 16.5 Å². The number of pyridine rings is 1. The van der Waals surface area contributed by atoms with Crippen LogP contribution in [0.3, 0.4) is 0 Å². The highest BCUT2D eigenvalue weighted by molar-refractivity contribution is 5.97. The highest BCUT2D eigenvalue weighted by Crippen LogP contribution is 2.20. The highest BCUT2D eigenvalue weighted by atomic mass is 16.3. The molecule has 5 rings (SSSR count). The van der Waals surface area contributed by atoms with Crippen molar-refractivity contribution in [3.05, 3.63) is 95.8 Å². The molecule has 0 radical (unpaired) electrons. The second-order valence-corrected chi connectivity index (χ2v) is 10.8. The second kappa shape index (κ2) is 15.0. The summed E-state index contributed by atoms with van der Waals surface area (Å²) in [4.78, 5) is 61.6. The average molecular weight is 612 g/mol. The van der Waals surface area contributed by atoms with Crippen molar-refractivity contribution >= 4 is 40.3 Å². The number of aliphatic hydroxyl groups is 1. The van der Waals surface area contributed by atoms with Gasteiger partial charge in [0.15, 0.2) is 6.10 Å². The number of carbonyl (C=O) groups is 4. The van der Waals surface area contributed by atoms with E-state index >= 15 is 0 Å². The largest absolute Gasteiger partial charge is 0.378 e. The molecule has 4 aromatic rings. The van der Waals surface area contributed by atoms with E-state index in [2.05, 4.69) is 31.2 Å². The fourth-order valence-corrected chi connectivity index (χ4v) is 5.22. The number of para-hydroxylation sites is 1. The van der Waals surface area contributed by atoms with Crippen LogP contribution >= 0.6 is 0 Å². The molecular formula is C33H37N7O5. The maximum atomic E-state index is 13.4. The number of nitrogens with zero attached hydrogens (tertiary/aromatic N) is 2. The van der Waals surface area contributed by atoms with E-state index in [9.17, 15) is 24.3 Å². The molecule has 12 nitrogen and oxygen atoms in total. The van der Waals surface area contributed by atoms with Crippen molar-refractivity contribution in [2.24, 2.45) is 0 Å². The van der Waals surface area contributed by atoms with Gasteiger partial charge in [0.05, 0.1) is 6.54 Å². The van der Waals surface area contributed by atoms with Gasteiger partial charge in [-0.3, -0.25) is 19.2 Å². The van der Waals surface area contributed by atoms with Crippen LogP contribution in [-0.2, 0) is 20.8 Å². The summed E-state index contributed by atoms with van der Waals surface area (Å²) >= 11 is 0.